The van der Waals surface area contributed by atoms with Gasteiger partial charge >= 0.3 is 12.3 Å². The predicted octanol–water partition coefficient (Wildman–Crippen LogP) is 4.45. The van der Waals surface area contributed by atoms with Crippen molar-refractivity contribution >= 4 is 11.9 Å². The molecule has 1 N–H and O–H groups in total. The van der Waals surface area contributed by atoms with Crippen LogP contribution in [0.5, 0.6) is 0 Å². The summed E-state index contributed by atoms with van der Waals surface area (Å²) < 4.78 is 37.7. The van der Waals surface area contributed by atoms with E-state index in [1.165, 1.54) is 24.5 Å². The molecule has 0 aliphatic rings. The van der Waals surface area contributed by atoms with E-state index in [2.05, 4.69) is 9.97 Å². The Balaban J connectivity index is 2.31. The summed E-state index contributed by atoms with van der Waals surface area (Å²) in [5.41, 5.74) is -0.650. The molecule has 128 valence electrons. The number of amides is 1. The smallest absolute Gasteiger partial charge is 0.416 e. The molecule has 1 aromatic carbocycles. The Labute approximate surface area is 136 Å². The summed E-state index contributed by atoms with van der Waals surface area (Å²) in [5, 5.41) is 9.31. The van der Waals surface area contributed by atoms with E-state index in [-0.39, 0.29) is 5.82 Å². The van der Waals surface area contributed by atoms with Crippen LogP contribution in [0.25, 0.3) is 11.3 Å². The van der Waals surface area contributed by atoms with Gasteiger partial charge < -0.3 is 5.11 Å². The minimum Gasteiger partial charge on any atom is -0.465 e. The van der Waals surface area contributed by atoms with Gasteiger partial charge in [0.05, 0.1) is 23.7 Å². The lowest BCUT2D eigenvalue weighted by Crippen LogP contribution is -2.45. The van der Waals surface area contributed by atoms with Crippen LogP contribution in [-0.2, 0) is 6.18 Å². The zero-order valence-electron chi connectivity index (χ0n) is 13.3. The first kappa shape index (κ1) is 17.7. The fourth-order valence-electron chi connectivity index (χ4n) is 2.14. The third kappa shape index (κ3) is 3.81. The van der Waals surface area contributed by atoms with Crippen molar-refractivity contribution in [1.82, 2.24) is 9.97 Å². The van der Waals surface area contributed by atoms with Crippen LogP contribution in [0.3, 0.4) is 0 Å². The number of hydrogen-bond acceptors (Lipinski definition) is 3. The summed E-state index contributed by atoms with van der Waals surface area (Å²) in [6.07, 6.45) is -2.95. The highest BCUT2D eigenvalue weighted by molar-refractivity contribution is 5.86. The predicted molar refractivity (Wildman–Crippen MR) is 82.7 cm³/mol. The number of rotatable bonds is 2. The average molecular weight is 339 g/mol. The normalized spacial score (nSPS) is 12.1. The van der Waals surface area contributed by atoms with Crippen LogP contribution in [0, 0.1) is 0 Å². The van der Waals surface area contributed by atoms with Crippen molar-refractivity contribution in [2.45, 2.75) is 32.5 Å². The van der Waals surface area contributed by atoms with Gasteiger partial charge in [-0.25, -0.2) is 9.78 Å². The van der Waals surface area contributed by atoms with Crippen LogP contribution in [0.15, 0.2) is 36.7 Å². The van der Waals surface area contributed by atoms with E-state index < -0.39 is 23.4 Å². The molecule has 0 saturated heterocycles. The number of carboxylic acid groups (broad SMARTS) is 1. The summed E-state index contributed by atoms with van der Waals surface area (Å²) in [6.45, 7) is 5.14. The Morgan fingerprint density at radius 3 is 2.00 bits per heavy atom. The van der Waals surface area contributed by atoms with Crippen LogP contribution in [0.2, 0.25) is 0 Å². The van der Waals surface area contributed by atoms with Gasteiger partial charge in [0.15, 0.2) is 5.82 Å². The minimum absolute atomic E-state index is 0.144. The molecule has 0 saturated carbocycles. The Morgan fingerprint density at radius 1 is 1.04 bits per heavy atom. The summed E-state index contributed by atoms with van der Waals surface area (Å²) in [4.78, 5) is 20.6. The number of aromatic nitrogens is 2. The van der Waals surface area contributed by atoms with Crippen LogP contribution >= 0.6 is 0 Å². The fourth-order valence-corrected chi connectivity index (χ4v) is 2.14. The van der Waals surface area contributed by atoms with E-state index in [0.717, 1.165) is 17.0 Å². The molecule has 5 nitrogen and oxygen atoms in total. The molecule has 0 spiro atoms. The van der Waals surface area contributed by atoms with Crippen LogP contribution < -0.4 is 4.90 Å². The molecule has 0 aliphatic carbocycles. The van der Waals surface area contributed by atoms with Gasteiger partial charge in [0.1, 0.15) is 0 Å². The number of hydrogen-bond donors (Lipinski definition) is 1. The molecule has 8 heteroatoms. The van der Waals surface area contributed by atoms with Crippen molar-refractivity contribution in [1.29, 1.82) is 0 Å². The lowest BCUT2D eigenvalue weighted by Gasteiger charge is -2.31. The third-order valence-corrected chi connectivity index (χ3v) is 3.24. The molecule has 0 radical (unpaired) electrons. The quantitative estimate of drug-likeness (QED) is 0.878. The second-order valence-electron chi connectivity index (χ2n) is 6.12. The molecular formula is C16H16F3N3O2. The number of halogens is 3. The summed E-state index contributed by atoms with van der Waals surface area (Å²) >= 11 is 0. The molecule has 0 unspecified atom stereocenters. The minimum atomic E-state index is -4.40. The monoisotopic (exact) mass is 339 g/mol. The van der Waals surface area contributed by atoms with Gasteiger partial charge in [0.2, 0.25) is 0 Å². The maximum Gasteiger partial charge on any atom is 0.416 e. The lowest BCUT2D eigenvalue weighted by molar-refractivity contribution is -0.137. The van der Waals surface area contributed by atoms with Gasteiger partial charge in [-0.15, -0.1) is 0 Å². The number of carbonyl (C=O) groups is 1. The van der Waals surface area contributed by atoms with Crippen molar-refractivity contribution in [3.63, 3.8) is 0 Å². The zero-order valence-corrected chi connectivity index (χ0v) is 13.3. The third-order valence-electron chi connectivity index (χ3n) is 3.24. The Bertz CT molecular complexity index is 720. The summed E-state index contributed by atoms with van der Waals surface area (Å²) in [7, 11) is 0. The molecule has 0 fully saturated rings. The largest absolute Gasteiger partial charge is 0.465 e. The second-order valence-corrected chi connectivity index (χ2v) is 6.12. The van der Waals surface area contributed by atoms with Crippen molar-refractivity contribution in [2.75, 3.05) is 4.90 Å². The van der Waals surface area contributed by atoms with Crippen LogP contribution in [-0.4, -0.2) is 26.7 Å². The van der Waals surface area contributed by atoms with Gasteiger partial charge in [-0.2, -0.15) is 13.2 Å². The fraction of sp³-hybridized carbons (Fsp3) is 0.312. The van der Waals surface area contributed by atoms with Gasteiger partial charge in [0, 0.05) is 11.1 Å². The van der Waals surface area contributed by atoms with Crippen molar-refractivity contribution in [3.05, 3.63) is 42.2 Å². The highest BCUT2D eigenvalue weighted by Crippen LogP contribution is 2.30. The number of anilines is 1. The number of benzene rings is 1. The first-order valence-corrected chi connectivity index (χ1v) is 7.03. The lowest BCUT2D eigenvalue weighted by atomic mass is 10.1. The first-order chi connectivity index (χ1) is 11.0. The number of nitrogens with zero attached hydrogens (tertiary/aromatic N) is 3. The SMILES string of the molecule is CC(C)(C)N(C(=O)O)c1cnc(-c2ccc(C(F)(F)F)cc2)cn1. The highest BCUT2D eigenvalue weighted by atomic mass is 19.4. The zero-order chi connectivity index (χ0) is 18.1. The number of alkyl halides is 3. The first-order valence-electron chi connectivity index (χ1n) is 7.03. The van der Waals surface area contributed by atoms with E-state index in [1.54, 1.807) is 20.8 Å². The van der Waals surface area contributed by atoms with E-state index >= 15 is 0 Å². The van der Waals surface area contributed by atoms with Crippen molar-refractivity contribution in [2.24, 2.45) is 0 Å². The standard InChI is InChI=1S/C16H16F3N3O2/c1-15(2,3)22(14(23)24)13-9-20-12(8-21-13)10-4-6-11(7-5-10)16(17,18)19/h4-9H,1-3H3,(H,23,24). The maximum atomic E-state index is 12.6. The molecule has 2 aromatic rings. The average Bonchev–Trinajstić information content (AvgIpc) is 2.45. The molecule has 0 aliphatic heterocycles. The van der Waals surface area contributed by atoms with Gasteiger partial charge in [0.25, 0.3) is 0 Å². The van der Waals surface area contributed by atoms with Gasteiger partial charge in [-0.3, -0.25) is 9.88 Å². The second kappa shape index (κ2) is 6.10. The molecule has 1 heterocycles. The summed E-state index contributed by atoms with van der Waals surface area (Å²) in [6, 6.07) is 4.52. The van der Waals surface area contributed by atoms with Crippen molar-refractivity contribution < 1.29 is 23.1 Å². The highest BCUT2D eigenvalue weighted by Gasteiger charge is 2.30. The van der Waals surface area contributed by atoms with Crippen LogP contribution in [0.1, 0.15) is 26.3 Å². The summed E-state index contributed by atoms with van der Waals surface area (Å²) in [5.74, 6) is 0.144. The maximum absolute atomic E-state index is 12.6. The Hall–Kier alpha value is -2.64. The Kier molecular flexibility index (Phi) is 4.50. The molecule has 1 aromatic heterocycles. The van der Waals surface area contributed by atoms with Gasteiger partial charge in [-0.05, 0) is 32.9 Å². The molecule has 0 bridgehead atoms. The van der Waals surface area contributed by atoms with E-state index in [0.29, 0.717) is 11.3 Å². The van der Waals surface area contributed by atoms with Gasteiger partial charge in [-0.1, -0.05) is 12.1 Å². The van der Waals surface area contributed by atoms with E-state index in [1.807, 2.05) is 0 Å². The molecule has 24 heavy (non-hydrogen) atoms. The van der Waals surface area contributed by atoms with Crippen molar-refractivity contribution in [3.8, 4) is 11.3 Å². The van der Waals surface area contributed by atoms with Crippen LogP contribution in [0.4, 0.5) is 23.8 Å². The van der Waals surface area contributed by atoms with E-state index in [4.69, 9.17) is 0 Å². The molecule has 2 rings (SSSR count). The Morgan fingerprint density at radius 2 is 1.62 bits per heavy atom. The molecule has 1 amide bonds. The topological polar surface area (TPSA) is 66.3 Å². The molecular weight excluding hydrogens is 323 g/mol. The van der Waals surface area contributed by atoms with E-state index in [9.17, 15) is 23.1 Å². The molecule has 0 atom stereocenters.